The van der Waals surface area contributed by atoms with E-state index in [-0.39, 0.29) is 120 Å². The van der Waals surface area contributed by atoms with E-state index in [0.717, 1.165) is 56.1 Å². The highest BCUT2D eigenvalue weighted by Gasteiger charge is 2.53. The third kappa shape index (κ3) is 21.7. The van der Waals surface area contributed by atoms with Crippen LogP contribution in [0.15, 0.2) is 146 Å². The number of nitrogens with two attached hydrogens (primary N) is 3. The average Bonchev–Trinajstić information content (AvgIpc) is 1.61. The van der Waals surface area contributed by atoms with E-state index in [1.54, 1.807) is 108 Å². The lowest BCUT2D eigenvalue weighted by atomic mass is 9.84. The van der Waals surface area contributed by atoms with Gasteiger partial charge in [-0.05, 0) is 191 Å². The number of H-pyrrole nitrogens is 1. The van der Waals surface area contributed by atoms with Crippen LogP contribution in [-0.4, -0.2) is 190 Å². The first-order valence-electron chi connectivity index (χ1n) is 34.7. The zero-order valence-electron chi connectivity index (χ0n) is 60.6. The quantitative estimate of drug-likeness (QED) is 0.0302. The smallest absolute Gasteiger partial charge is 0.436 e. The van der Waals surface area contributed by atoms with E-state index >= 15 is 0 Å². The molecular weight excluding hydrogens is 1500 g/mol. The fourth-order valence-electron chi connectivity index (χ4n) is 11.0. The number of aromatic nitrogens is 21. The van der Waals surface area contributed by atoms with E-state index in [2.05, 4.69) is 109 Å². The molecule has 3 aliphatic rings. The van der Waals surface area contributed by atoms with Gasteiger partial charge in [0.1, 0.15) is 23.5 Å². The fraction of sp³-hybridized carbons (Fsp3) is 0.357. The zero-order valence-corrected chi connectivity index (χ0v) is 63.4. The molecule has 12 aromatic rings. The molecule has 586 valence electrons. The van der Waals surface area contributed by atoms with Crippen LogP contribution in [0.4, 0.5) is 13.2 Å². The molecule has 0 radical (unpaired) electrons. The lowest BCUT2D eigenvalue weighted by Crippen LogP contribution is -2.42. The number of nitrogens with one attached hydrogen (secondary N) is 1. The molecule has 2 unspecified atom stereocenters. The number of pyridine rings is 3. The van der Waals surface area contributed by atoms with Crippen LogP contribution in [0.25, 0.3) is 56.7 Å². The number of hydrogen-bond donors (Lipinski definition) is 7. The van der Waals surface area contributed by atoms with Crippen molar-refractivity contribution in [3.63, 3.8) is 0 Å². The van der Waals surface area contributed by atoms with Crippen LogP contribution in [-0.2, 0) is 38.4 Å². The van der Waals surface area contributed by atoms with Crippen LogP contribution in [0.2, 0.25) is 5.02 Å². The molecule has 111 heavy (non-hydrogen) atoms. The van der Waals surface area contributed by atoms with Gasteiger partial charge in [0, 0.05) is 96.3 Å². The molecule has 3 saturated heterocycles. The van der Waals surface area contributed by atoms with Crippen molar-refractivity contribution < 1.29 is 61.5 Å². The number of benzene rings is 3. The molecule has 0 amide bonds. The summed E-state index contributed by atoms with van der Waals surface area (Å²) in [5, 5.41) is 78.7. The van der Waals surface area contributed by atoms with Crippen molar-refractivity contribution in [2.75, 3.05) is 33.0 Å². The number of aliphatic hydroxyl groups excluding tert-OH is 3. The molecule has 3 fully saturated rings. The van der Waals surface area contributed by atoms with E-state index in [1.165, 1.54) is 45.3 Å². The van der Waals surface area contributed by atoms with Crippen LogP contribution in [0.5, 0.6) is 34.9 Å². The van der Waals surface area contributed by atoms with Crippen LogP contribution in [0, 0.1) is 17.5 Å². The average molecular weight is 1590 g/mol. The first-order chi connectivity index (χ1) is 52.7. The van der Waals surface area contributed by atoms with E-state index in [9.17, 15) is 13.2 Å². The second-order valence-electron chi connectivity index (χ2n) is 26.2. The molecule has 0 spiro atoms. The summed E-state index contributed by atoms with van der Waals surface area (Å²) >= 11 is 5.65. The molecule has 15 rings (SSSR count). The minimum absolute atomic E-state index is 0. The summed E-state index contributed by atoms with van der Waals surface area (Å²) < 4.78 is 87.0. The Morgan fingerprint density at radius 1 is 0.523 bits per heavy atom. The van der Waals surface area contributed by atoms with Crippen molar-refractivity contribution in [1.82, 2.24) is 105 Å². The van der Waals surface area contributed by atoms with Gasteiger partial charge in [-0.3, -0.25) is 5.10 Å². The van der Waals surface area contributed by atoms with Crippen LogP contribution < -0.4 is 37.0 Å². The zero-order chi connectivity index (χ0) is 76.6. The number of aromatic amines is 1. The summed E-state index contributed by atoms with van der Waals surface area (Å²) in [6, 6.07) is 28.1. The maximum atomic E-state index is 14.9. The molecule has 0 aliphatic carbocycles. The Balaban J connectivity index is 0.000000159. The van der Waals surface area contributed by atoms with Gasteiger partial charge in [-0.25, -0.2) is 37.5 Å². The number of nitrogens with zero attached hydrogens (tertiary/aromatic N) is 20. The van der Waals surface area contributed by atoms with Gasteiger partial charge in [-0.15, -0.1) is 30.6 Å². The second kappa shape index (κ2) is 38.6. The van der Waals surface area contributed by atoms with E-state index in [1.807, 2.05) is 16.8 Å². The number of aliphatic hydroxyl groups is 3. The Kier molecular flexibility index (Phi) is 29.0. The van der Waals surface area contributed by atoms with Crippen molar-refractivity contribution in [3.05, 3.63) is 169 Å². The van der Waals surface area contributed by atoms with Crippen LogP contribution >= 0.6 is 38.6 Å². The molecule has 0 saturated carbocycles. The maximum Gasteiger partial charge on any atom is 0.514 e. The number of rotatable bonds is 23. The van der Waals surface area contributed by atoms with E-state index in [0.29, 0.717) is 74.8 Å². The number of halogens is 4. The van der Waals surface area contributed by atoms with E-state index in [4.69, 9.17) is 77.1 Å². The summed E-state index contributed by atoms with van der Waals surface area (Å²) in [5.74, 6) is 0.128. The van der Waals surface area contributed by atoms with Gasteiger partial charge >= 0.3 is 7.12 Å². The molecule has 3 aliphatic heterocycles. The van der Waals surface area contributed by atoms with Gasteiger partial charge in [-0.1, -0.05) is 11.6 Å². The molecule has 0 bridgehead atoms. The fourth-order valence-corrected chi connectivity index (χ4v) is 11.1. The molecule has 12 heterocycles. The van der Waals surface area contributed by atoms with Crippen molar-refractivity contribution in [1.29, 1.82) is 0 Å². The highest BCUT2D eigenvalue weighted by molar-refractivity contribution is 7.59. The largest absolute Gasteiger partial charge is 0.514 e. The van der Waals surface area contributed by atoms with Crippen molar-refractivity contribution >= 4 is 51.3 Å². The molecule has 41 heteroatoms. The molecule has 5 atom stereocenters. The molecule has 9 aromatic heterocycles. The normalized spacial score (nSPS) is 16.4. The number of tetrazole rings is 3. The number of ether oxygens (including phenoxy) is 5. The maximum absolute atomic E-state index is 14.9. The topological polar surface area (TPSA) is 437 Å². The lowest BCUT2D eigenvalue weighted by Gasteiger charge is -2.32. The van der Waals surface area contributed by atoms with Gasteiger partial charge in [0.25, 0.3) is 17.6 Å². The molecule has 34 nitrogen and oxygen atoms in total. The molecule has 3 aromatic carbocycles. The van der Waals surface area contributed by atoms with E-state index < -0.39 is 35.6 Å². The first-order valence-corrected chi connectivity index (χ1v) is 35.1. The lowest BCUT2D eigenvalue weighted by molar-refractivity contribution is -0.0383. The first kappa shape index (κ1) is 83.3. The van der Waals surface area contributed by atoms with Crippen molar-refractivity contribution in [2.45, 2.75) is 128 Å². The predicted octanol–water partition coefficient (Wildman–Crippen LogP) is 7.67. The summed E-state index contributed by atoms with van der Waals surface area (Å²) in [7, 11) is -0.381. The Morgan fingerprint density at radius 2 is 0.928 bits per heavy atom. The Labute approximate surface area is 653 Å². The van der Waals surface area contributed by atoms with Crippen molar-refractivity contribution in [3.8, 4) is 91.6 Å². The second-order valence-corrected chi connectivity index (χ2v) is 26.7. The SMILES string of the molecule is CC1(C)OB(c2ccnn2C2CCCCO2)OC1(C)C.N[C@H](CO)Cn1nnc(-c2ccc(Oc3ncc(-c4ccn[nH]4)cc3F)cc2)n1.N[C@H](CO)Cn1nnc(-c2ccc(Oc3ncc(-c4ccnn4C4CCCCO4)cc3F)cc2)n1.N[C@H](CO)Cn1nnc(-c2ccc(Oc3ncc(Cl)cc3F)cc2)n1.S.S. The van der Waals surface area contributed by atoms with Gasteiger partial charge in [0.05, 0.1) is 72.7 Å². The van der Waals surface area contributed by atoms with Gasteiger partial charge < -0.3 is 65.5 Å². The molecular formula is C70H83BClF3N24O10S2. The summed E-state index contributed by atoms with van der Waals surface area (Å²) in [6.45, 7) is 9.98. The number of hydrogen-bond acceptors (Lipinski definition) is 28. The monoisotopic (exact) mass is 1590 g/mol. The Morgan fingerprint density at radius 3 is 1.33 bits per heavy atom. The summed E-state index contributed by atoms with van der Waals surface area (Å²) in [5.41, 5.74) is 21.9. The minimum Gasteiger partial charge on any atom is -0.436 e. The standard InChI is InChI=1S/C23H25FN8O3.C18H17FN8O2.C15H14ClFN6O2.C14H23BN2O3.2H2S/c24-19-11-16(20-8-9-27-32(20)21-3-1-2-10-34-21)12-26-23(19)35-18-6-4-15(5-7-18)22-28-30-31(29-22)13-17(25)14-33;19-15-7-12(16-5-6-22-23-16)8-21-18(15)29-14-3-1-11(2-4-14)17-24-26-27(25-17)9-13(20)10-28;16-10-5-13(17)15(19-6-10)25-12-3-1-9(2-4-12)14-20-22-23(21-14)7-11(18)8-24;1-13(2)14(3,4)20-15(19-13)11-8-9-16-17(11)12-7-5-6-10-18-12;;/h4-9,11-12,17,21,33H,1-3,10,13-14,25H2;1-8,13,28H,9-10,20H2,(H,22,23);1-6,11,24H,7-8,18H2;8-9,12H,5-7,10H2,1-4H3;2*1H2/t17-,21?;13-;11-;;;/m000.../s1. The predicted molar refractivity (Wildman–Crippen MR) is 408 cm³/mol. The Bertz CT molecular complexity index is 4870. The third-order valence-electron chi connectivity index (χ3n) is 17.5. The summed E-state index contributed by atoms with van der Waals surface area (Å²) in [4.78, 5) is 16.0. The summed E-state index contributed by atoms with van der Waals surface area (Å²) in [6.07, 6.45) is 15.5. The van der Waals surface area contributed by atoms with Crippen molar-refractivity contribution in [2.24, 2.45) is 17.2 Å². The third-order valence-corrected chi connectivity index (χ3v) is 17.7. The Hall–Kier alpha value is -10.2. The minimum atomic E-state index is -0.651. The van der Waals surface area contributed by atoms with Crippen LogP contribution in [0.3, 0.4) is 0 Å². The van der Waals surface area contributed by atoms with Gasteiger partial charge in [-0.2, -0.15) is 56.7 Å². The highest BCUT2D eigenvalue weighted by atomic mass is 35.5. The van der Waals surface area contributed by atoms with Gasteiger partial charge in [0.15, 0.2) is 23.7 Å². The van der Waals surface area contributed by atoms with Crippen LogP contribution in [0.1, 0.15) is 78.7 Å². The van der Waals surface area contributed by atoms with Gasteiger partial charge in [0.2, 0.25) is 17.5 Å². The highest BCUT2D eigenvalue weighted by Crippen LogP contribution is 2.38. The molecule has 10 N–H and O–H groups in total.